The standard InChI is InChI=1S/C13H22N4O/c1-15-7-9-16(10-8-15)5-2-6-17-11-12(14)3-4-13(17)18/h3-4,11H,2,5-10,14H2,1H3. The highest BCUT2D eigenvalue weighted by molar-refractivity contribution is 5.33. The van der Waals surface area contributed by atoms with E-state index in [1.165, 1.54) is 6.07 Å². The fourth-order valence-electron chi connectivity index (χ4n) is 2.26. The molecule has 1 aromatic rings. The zero-order valence-electron chi connectivity index (χ0n) is 11.0. The summed E-state index contributed by atoms with van der Waals surface area (Å²) in [5.41, 5.74) is 6.36. The van der Waals surface area contributed by atoms with Gasteiger partial charge in [0.05, 0.1) is 0 Å². The normalized spacial score (nSPS) is 18.1. The van der Waals surface area contributed by atoms with Gasteiger partial charge in [-0.2, -0.15) is 0 Å². The van der Waals surface area contributed by atoms with Gasteiger partial charge in [-0.3, -0.25) is 4.79 Å². The maximum atomic E-state index is 11.6. The molecule has 0 bridgehead atoms. The van der Waals surface area contributed by atoms with Crippen LogP contribution in [0.1, 0.15) is 6.42 Å². The molecule has 1 aliphatic rings. The van der Waals surface area contributed by atoms with E-state index in [9.17, 15) is 4.79 Å². The highest BCUT2D eigenvalue weighted by atomic mass is 16.1. The van der Waals surface area contributed by atoms with Crippen molar-refractivity contribution >= 4 is 5.69 Å². The third-order valence-electron chi connectivity index (χ3n) is 3.48. The van der Waals surface area contributed by atoms with Crippen molar-refractivity contribution in [1.82, 2.24) is 14.4 Å². The van der Waals surface area contributed by atoms with Gasteiger partial charge in [-0.15, -0.1) is 0 Å². The van der Waals surface area contributed by atoms with E-state index in [0.29, 0.717) is 5.69 Å². The minimum atomic E-state index is 0.0302. The molecule has 0 unspecified atom stereocenters. The number of hydrogen-bond donors (Lipinski definition) is 1. The SMILES string of the molecule is CN1CCN(CCCn2cc(N)ccc2=O)CC1. The highest BCUT2D eigenvalue weighted by Crippen LogP contribution is 2.02. The number of likely N-dealkylation sites (N-methyl/N-ethyl adjacent to an activating group) is 1. The summed E-state index contributed by atoms with van der Waals surface area (Å²) < 4.78 is 1.70. The van der Waals surface area contributed by atoms with Crippen molar-refractivity contribution < 1.29 is 0 Å². The maximum Gasteiger partial charge on any atom is 0.250 e. The maximum absolute atomic E-state index is 11.6. The van der Waals surface area contributed by atoms with E-state index in [1.54, 1.807) is 16.8 Å². The first-order valence-electron chi connectivity index (χ1n) is 6.52. The molecule has 1 saturated heterocycles. The molecule has 2 rings (SSSR count). The topological polar surface area (TPSA) is 54.5 Å². The van der Waals surface area contributed by atoms with Crippen LogP contribution in [0, 0.1) is 0 Å². The van der Waals surface area contributed by atoms with Gasteiger partial charge < -0.3 is 20.1 Å². The van der Waals surface area contributed by atoms with E-state index in [2.05, 4.69) is 16.8 Å². The molecule has 0 spiro atoms. The zero-order chi connectivity index (χ0) is 13.0. The Morgan fingerprint density at radius 3 is 2.61 bits per heavy atom. The molecule has 0 aliphatic carbocycles. The third-order valence-corrected chi connectivity index (χ3v) is 3.48. The van der Waals surface area contributed by atoms with Crippen LogP contribution in [0.3, 0.4) is 0 Å². The van der Waals surface area contributed by atoms with Gasteiger partial charge in [0, 0.05) is 50.7 Å². The number of rotatable bonds is 4. The number of aromatic nitrogens is 1. The lowest BCUT2D eigenvalue weighted by Gasteiger charge is -2.32. The van der Waals surface area contributed by atoms with E-state index in [1.807, 2.05) is 0 Å². The Labute approximate surface area is 108 Å². The molecule has 5 heteroatoms. The summed E-state index contributed by atoms with van der Waals surface area (Å²) in [7, 11) is 2.16. The third kappa shape index (κ3) is 3.58. The van der Waals surface area contributed by atoms with Crippen LogP contribution >= 0.6 is 0 Å². The molecule has 5 nitrogen and oxygen atoms in total. The van der Waals surface area contributed by atoms with E-state index >= 15 is 0 Å². The van der Waals surface area contributed by atoms with Crippen molar-refractivity contribution in [3.05, 3.63) is 28.7 Å². The number of aryl methyl sites for hydroxylation is 1. The van der Waals surface area contributed by atoms with E-state index in [4.69, 9.17) is 5.73 Å². The molecule has 0 atom stereocenters. The Bertz CT molecular complexity index is 435. The first kappa shape index (κ1) is 13.1. The number of nitrogens with zero attached hydrogens (tertiary/aromatic N) is 3. The number of nitrogens with two attached hydrogens (primary N) is 1. The Morgan fingerprint density at radius 2 is 1.89 bits per heavy atom. The molecular weight excluding hydrogens is 228 g/mol. The quantitative estimate of drug-likeness (QED) is 0.821. The lowest BCUT2D eigenvalue weighted by atomic mass is 10.3. The monoisotopic (exact) mass is 250 g/mol. The minimum absolute atomic E-state index is 0.0302. The predicted octanol–water partition coefficient (Wildman–Crippen LogP) is 0.0680. The number of piperazine rings is 1. The van der Waals surface area contributed by atoms with Crippen molar-refractivity contribution in [2.75, 3.05) is 45.5 Å². The van der Waals surface area contributed by atoms with Crippen LogP contribution in [0.5, 0.6) is 0 Å². The van der Waals surface area contributed by atoms with Crippen LogP contribution in [-0.4, -0.2) is 54.1 Å². The van der Waals surface area contributed by atoms with Crippen LogP contribution in [-0.2, 0) is 6.54 Å². The van der Waals surface area contributed by atoms with Gasteiger partial charge in [-0.1, -0.05) is 0 Å². The molecule has 18 heavy (non-hydrogen) atoms. The van der Waals surface area contributed by atoms with Gasteiger partial charge >= 0.3 is 0 Å². The number of nitrogen functional groups attached to an aromatic ring is 1. The van der Waals surface area contributed by atoms with Crippen molar-refractivity contribution in [1.29, 1.82) is 0 Å². The van der Waals surface area contributed by atoms with Crippen molar-refractivity contribution in [2.45, 2.75) is 13.0 Å². The van der Waals surface area contributed by atoms with Crippen molar-refractivity contribution in [3.63, 3.8) is 0 Å². The van der Waals surface area contributed by atoms with E-state index < -0.39 is 0 Å². The Balaban J connectivity index is 1.78. The lowest BCUT2D eigenvalue weighted by Crippen LogP contribution is -2.44. The Morgan fingerprint density at radius 1 is 1.17 bits per heavy atom. The highest BCUT2D eigenvalue weighted by Gasteiger charge is 2.12. The molecule has 0 saturated carbocycles. The molecule has 0 radical (unpaired) electrons. The smallest absolute Gasteiger partial charge is 0.250 e. The average molecular weight is 250 g/mol. The second-order valence-corrected chi connectivity index (χ2v) is 4.99. The molecule has 1 aromatic heterocycles. The van der Waals surface area contributed by atoms with Crippen LogP contribution < -0.4 is 11.3 Å². The minimum Gasteiger partial charge on any atom is -0.398 e. The first-order valence-corrected chi connectivity index (χ1v) is 6.52. The predicted molar refractivity (Wildman–Crippen MR) is 73.7 cm³/mol. The fourth-order valence-corrected chi connectivity index (χ4v) is 2.26. The molecule has 2 N–H and O–H groups in total. The second kappa shape index (κ2) is 6.02. The summed E-state index contributed by atoms with van der Waals surface area (Å²) >= 11 is 0. The van der Waals surface area contributed by atoms with Gasteiger partial charge in [-0.25, -0.2) is 0 Å². The van der Waals surface area contributed by atoms with E-state index in [-0.39, 0.29) is 5.56 Å². The summed E-state index contributed by atoms with van der Waals surface area (Å²) in [6.45, 7) is 6.33. The molecule has 100 valence electrons. The summed E-state index contributed by atoms with van der Waals surface area (Å²) in [5, 5.41) is 0. The number of hydrogen-bond acceptors (Lipinski definition) is 4. The Kier molecular flexibility index (Phi) is 4.38. The molecule has 0 aromatic carbocycles. The Hall–Kier alpha value is -1.33. The summed E-state index contributed by atoms with van der Waals surface area (Å²) in [5.74, 6) is 0. The molecule has 0 amide bonds. The van der Waals surface area contributed by atoms with Crippen molar-refractivity contribution in [3.8, 4) is 0 Å². The van der Waals surface area contributed by atoms with Crippen LogP contribution in [0.25, 0.3) is 0 Å². The zero-order valence-corrected chi connectivity index (χ0v) is 11.0. The van der Waals surface area contributed by atoms with Crippen molar-refractivity contribution in [2.24, 2.45) is 0 Å². The second-order valence-electron chi connectivity index (χ2n) is 4.99. The van der Waals surface area contributed by atoms with Crippen LogP contribution in [0.4, 0.5) is 5.69 Å². The van der Waals surface area contributed by atoms with Crippen LogP contribution in [0.15, 0.2) is 23.1 Å². The molecular formula is C13H22N4O. The summed E-state index contributed by atoms with van der Waals surface area (Å²) in [4.78, 5) is 16.4. The molecule has 1 fully saturated rings. The fraction of sp³-hybridized carbons (Fsp3) is 0.615. The van der Waals surface area contributed by atoms with Gasteiger partial charge in [-0.05, 0) is 26.1 Å². The van der Waals surface area contributed by atoms with Gasteiger partial charge in [0.25, 0.3) is 5.56 Å². The largest absolute Gasteiger partial charge is 0.398 e. The lowest BCUT2D eigenvalue weighted by molar-refractivity contribution is 0.151. The summed E-state index contributed by atoms with van der Waals surface area (Å²) in [6, 6.07) is 3.19. The van der Waals surface area contributed by atoms with Gasteiger partial charge in [0.1, 0.15) is 0 Å². The molecule has 1 aliphatic heterocycles. The molecule has 2 heterocycles. The van der Waals surface area contributed by atoms with Gasteiger partial charge in [0.2, 0.25) is 0 Å². The van der Waals surface area contributed by atoms with E-state index in [0.717, 1.165) is 45.7 Å². The average Bonchev–Trinajstić information content (AvgIpc) is 2.36. The van der Waals surface area contributed by atoms with Crippen LogP contribution in [0.2, 0.25) is 0 Å². The first-order chi connectivity index (χ1) is 8.65. The van der Waals surface area contributed by atoms with Gasteiger partial charge in [0.15, 0.2) is 0 Å². The number of pyridine rings is 1. The summed E-state index contributed by atoms with van der Waals surface area (Å²) in [6.07, 6.45) is 2.72. The number of anilines is 1.